The van der Waals surface area contributed by atoms with Gasteiger partial charge in [0, 0.05) is 6.42 Å². The number of quaternary nitrogens is 2. The Kier molecular flexibility index (Phi) is 5.74. The lowest BCUT2D eigenvalue weighted by Crippen LogP contribution is -2.63. The maximum atomic E-state index is 10.8. The number of piperidine rings is 6. The van der Waals surface area contributed by atoms with Gasteiger partial charge in [0.25, 0.3) is 0 Å². The van der Waals surface area contributed by atoms with Crippen LogP contribution in [0.4, 0.5) is 0 Å². The van der Waals surface area contributed by atoms with Crippen LogP contribution in [0, 0.1) is 11.8 Å². The molecular formula is C22H42N2O+2. The van der Waals surface area contributed by atoms with Crippen LogP contribution in [0.1, 0.15) is 77.0 Å². The van der Waals surface area contributed by atoms with Crippen LogP contribution in [0.5, 0.6) is 0 Å². The lowest BCUT2D eigenvalue weighted by molar-refractivity contribution is -0.984. The van der Waals surface area contributed by atoms with E-state index < -0.39 is 0 Å². The first-order valence-electron chi connectivity index (χ1n) is 11.6. The van der Waals surface area contributed by atoms with Crippen LogP contribution in [0.3, 0.4) is 0 Å². The Bertz CT molecular complexity index is 394. The third-order valence-electron chi connectivity index (χ3n) is 8.71. The van der Waals surface area contributed by atoms with Gasteiger partial charge < -0.3 is 9.59 Å². The molecule has 0 aromatic carbocycles. The van der Waals surface area contributed by atoms with Gasteiger partial charge in [0.05, 0.1) is 45.8 Å². The van der Waals surface area contributed by atoms with Gasteiger partial charge >= 0.3 is 0 Å². The van der Waals surface area contributed by atoms with E-state index in [1.54, 1.807) is 0 Å². The van der Waals surface area contributed by atoms with Crippen molar-refractivity contribution in [3.05, 3.63) is 0 Å². The standard InChI is InChI=1S/C22H42N2O/c25-22(24-17-10-21(11-18-24)12-19-24)6-4-2-1-3-5-13-23-14-7-20(8-15-23)9-16-23/h20-22,25H,1-19H2/q+2. The molecule has 0 spiro atoms. The van der Waals surface area contributed by atoms with Crippen LogP contribution in [-0.2, 0) is 0 Å². The molecule has 0 radical (unpaired) electrons. The quantitative estimate of drug-likeness (QED) is 0.494. The van der Waals surface area contributed by atoms with Gasteiger partial charge in [-0.15, -0.1) is 0 Å². The van der Waals surface area contributed by atoms with Gasteiger partial charge in [-0.05, 0) is 69.6 Å². The van der Waals surface area contributed by atoms with Crippen LogP contribution in [0.25, 0.3) is 0 Å². The van der Waals surface area contributed by atoms with Gasteiger partial charge in [0.1, 0.15) is 0 Å². The third-order valence-corrected chi connectivity index (χ3v) is 8.71. The Morgan fingerprint density at radius 1 is 0.640 bits per heavy atom. The summed E-state index contributed by atoms with van der Waals surface area (Å²) in [5, 5.41) is 10.8. The van der Waals surface area contributed by atoms with E-state index in [4.69, 9.17) is 0 Å². The second kappa shape index (κ2) is 7.86. The monoisotopic (exact) mass is 350 g/mol. The molecule has 25 heavy (non-hydrogen) atoms. The molecule has 1 N–H and O–H groups in total. The summed E-state index contributed by atoms with van der Waals surface area (Å²) < 4.78 is 2.52. The zero-order chi connectivity index (χ0) is 17.2. The highest BCUT2D eigenvalue weighted by molar-refractivity contribution is 4.73. The van der Waals surface area contributed by atoms with Crippen LogP contribution in [-0.4, -0.2) is 66.1 Å². The predicted molar refractivity (Wildman–Crippen MR) is 103 cm³/mol. The second-order valence-corrected chi connectivity index (χ2v) is 10.1. The molecule has 1 unspecified atom stereocenters. The fraction of sp³-hybridized carbons (Fsp3) is 1.00. The van der Waals surface area contributed by atoms with E-state index in [9.17, 15) is 5.11 Å². The van der Waals surface area contributed by atoms with Crippen LogP contribution < -0.4 is 0 Å². The Balaban J connectivity index is 1.07. The van der Waals surface area contributed by atoms with Gasteiger partial charge in [0.2, 0.25) is 0 Å². The SMILES string of the molecule is OC(CCCCCCC[N+]12CCC(CC1)CC2)[N+]12CCC(CC1)CC2. The molecule has 6 saturated heterocycles. The van der Waals surface area contributed by atoms with Gasteiger partial charge in [0.15, 0.2) is 6.23 Å². The molecule has 6 aliphatic rings. The van der Waals surface area contributed by atoms with Gasteiger partial charge in [-0.1, -0.05) is 12.8 Å². The lowest BCUT2D eigenvalue weighted by atomic mass is 9.85. The number of unbranched alkanes of at least 4 members (excludes halogenated alkanes) is 4. The maximum absolute atomic E-state index is 10.8. The summed E-state index contributed by atoms with van der Waals surface area (Å²) in [6.45, 7) is 9.68. The van der Waals surface area contributed by atoms with Crippen molar-refractivity contribution < 1.29 is 14.1 Å². The van der Waals surface area contributed by atoms with E-state index in [1.807, 2.05) is 0 Å². The van der Waals surface area contributed by atoms with Gasteiger partial charge in [-0.2, -0.15) is 0 Å². The molecule has 0 saturated carbocycles. The number of rotatable bonds is 9. The Labute approximate surface area is 155 Å². The normalized spacial score (nSPS) is 41.2. The van der Waals surface area contributed by atoms with E-state index in [-0.39, 0.29) is 6.23 Å². The average Bonchev–Trinajstić information content (AvgIpc) is 2.70. The minimum Gasteiger partial charge on any atom is -0.345 e. The molecular weight excluding hydrogens is 308 g/mol. The van der Waals surface area contributed by atoms with Crippen LogP contribution >= 0.6 is 0 Å². The van der Waals surface area contributed by atoms with Gasteiger partial charge in [-0.25, -0.2) is 0 Å². The largest absolute Gasteiger partial charge is 0.345 e. The summed E-state index contributed by atoms with van der Waals surface area (Å²) in [6.07, 6.45) is 16.5. The molecule has 0 aliphatic carbocycles. The van der Waals surface area contributed by atoms with Crippen molar-refractivity contribution in [3.8, 4) is 0 Å². The van der Waals surface area contributed by atoms with Crippen molar-refractivity contribution in [1.82, 2.24) is 0 Å². The number of fused-ring (bicyclic) bond motifs is 6. The third kappa shape index (κ3) is 4.09. The van der Waals surface area contributed by atoms with E-state index in [0.29, 0.717) is 0 Å². The summed E-state index contributed by atoms with van der Waals surface area (Å²) in [4.78, 5) is 0. The highest BCUT2D eigenvalue weighted by Crippen LogP contribution is 2.36. The van der Waals surface area contributed by atoms with Crippen molar-refractivity contribution in [3.63, 3.8) is 0 Å². The van der Waals surface area contributed by atoms with Crippen molar-refractivity contribution in [2.24, 2.45) is 11.8 Å². The Morgan fingerprint density at radius 3 is 1.72 bits per heavy atom. The number of hydrogen-bond acceptors (Lipinski definition) is 1. The number of aliphatic hydroxyl groups excluding tert-OH is 1. The fourth-order valence-electron chi connectivity index (χ4n) is 6.59. The first-order chi connectivity index (χ1) is 12.2. The average molecular weight is 351 g/mol. The molecule has 0 amide bonds. The summed E-state index contributed by atoms with van der Waals surface area (Å²) in [6, 6.07) is 0. The van der Waals surface area contributed by atoms with E-state index in [0.717, 1.165) is 22.7 Å². The second-order valence-electron chi connectivity index (χ2n) is 10.1. The number of aliphatic hydroxyl groups is 1. The molecule has 6 fully saturated rings. The zero-order valence-corrected chi connectivity index (χ0v) is 16.5. The Morgan fingerprint density at radius 2 is 1.12 bits per heavy atom. The zero-order valence-electron chi connectivity index (χ0n) is 16.5. The highest BCUT2D eigenvalue weighted by Gasteiger charge is 2.44. The summed E-state index contributed by atoms with van der Waals surface area (Å²) in [5.74, 6) is 2.08. The molecule has 6 heterocycles. The molecule has 6 rings (SSSR count). The van der Waals surface area contributed by atoms with Crippen molar-refractivity contribution >= 4 is 0 Å². The lowest BCUT2D eigenvalue weighted by Gasteiger charge is -2.51. The minimum atomic E-state index is -0.0609. The molecule has 1 atom stereocenters. The van der Waals surface area contributed by atoms with Crippen molar-refractivity contribution in [1.29, 1.82) is 0 Å². The molecule has 0 aromatic heterocycles. The minimum absolute atomic E-state index is 0.0609. The molecule has 3 heteroatoms. The highest BCUT2D eigenvalue weighted by atomic mass is 16.3. The summed E-state index contributed by atoms with van der Waals surface area (Å²) in [5.41, 5.74) is 0. The van der Waals surface area contributed by atoms with Crippen LogP contribution in [0.2, 0.25) is 0 Å². The van der Waals surface area contributed by atoms with Crippen molar-refractivity contribution in [2.75, 3.05) is 45.8 Å². The van der Waals surface area contributed by atoms with E-state index in [2.05, 4.69) is 0 Å². The molecule has 144 valence electrons. The topological polar surface area (TPSA) is 20.2 Å². The van der Waals surface area contributed by atoms with Crippen molar-refractivity contribution in [2.45, 2.75) is 83.3 Å². The van der Waals surface area contributed by atoms with E-state index >= 15 is 0 Å². The summed E-state index contributed by atoms with van der Waals surface area (Å²) in [7, 11) is 0. The molecule has 0 aromatic rings. The summed E-state index contributed by atoms with van der Waals surface area (Å²) >= 11 is 0. The number of hydrogen-bond donors (Lipinski definition) is 1. The number of nitrogens with zero attached hydrogens (tertiary/aromatic N) is 2. The maximum Gasteiger partial charge on any atom is 0.190 e. The first kappa shape index (κ1) is 18.3. The first-order valence-corrected chi connectivity index (χ1v) is 11.6. The molecule has 3 nitrogen and oxygen atoms in total. The smallest absolute Gasteiger partial charge is 0.190 e. The van der Waals surface area contributed by atoms with Crippen LogP contribution in [0.15, 0.2) is 0 Å². The fourth-order valence-corrected chi connectivity index (χ4v) is 6.59. The predicted octanol–water partition coefficient (Wildman–Crippen LogP) is 3.91. The van der Waals surface area contributed by atoms with Gasteiger partial charge in [-0.3, -0.25) is 4.48 Å². The van der Waals surface area contributed by atoms with E-state index in [1.165, 1.54) is 121 Å². The Hall–Kier alpha value is -0.120. The molecule has 4 bridgehead atoms. The molecule has 6 aliphatic heterocycles.